The van der Waals surface area contributed by atoms with Crippen LogP contribution in [0.4, 0.5) is 5.69 Å². The third-order valence-electron chi connectivity index (χ3n) is 4.45. The van der Waals surface area contributed by atoms with E-state index in [0.717, 1.165) is 16.9 Å². The van der Waals surface area contributed by atoms with Crippen LogP contribution in [0.15, 0.2) is 97.3 Å². The minimum atomic E-state index is -0.163. The predicted molar refractivity (Wildman–Crippen MR) is 123 cm³/mol. The number of allylic oxidation sites excluding steroid dienone is 1. The number of nitrogens with one attached hydrogen (secondary N) is 1. The van der Waals surface area contributed by atoms with Gasteiger partial charge in [-0.1, -0.05) is 53.5 Å². The fraction of sp³-hybridized carbons (Fsp3) is 0. The minimum Gasteiger partial charge on any atom is -0.362 e. The Balaban J connectivity index is 1.65. The van der Waals surface area contributed by atoms with Gasteiger partial charge in [0.2, 0.25) is 0 Å². The fourth-order valence-electron chi connectivity index (χ4n) is 2.94. The molecule has 0 saturated heterocycles. The van der Waals surface area contributed by atoms with Gasteiger partial charge in [-0.2, -0.15) is 5.10 Å². The van der Waals surface area contributed by atoms with Gasteiger partial charge in [0.25, 0.3) is 0 Å². The number of benzene rings is 3. The van der Waals surface area contributed by atoms with Gasteiger partial charge < -0.3 is 5.32 Å². The van der Waals surface area contributed by atoms with E-state index >= 15 is 0 Å². The number of carbonyl (C=O) groups is 1. The highest BCUT2D eigenvalue weighted by Gasteiger charge is 2.17. The van der Waals surface area contributed by atoms with Gasteiger partial charge in [0.1, 0.15) is 5.69 Å². The summed E-state index contributed by atoms with van der Waals surface area (Å²) in [7, 11) is 0. The number of carbonyl (C=O) groups excluding carboxylic acids is 1. The zero-order valence-electron chi connectivity index (χ0n) is 15.8. The molecule has 0 fully saturated rings. The first kappa shape index (κ1) is 20.0. The number of aromatic nitrogens is 2. The minimum absolute atomic E-state index is 0.163. The number of hydrogen-bond donors (Lipinski definition) is 1. The molecule has 0 amide bonds. The summed E-state index contributed by atoms with van der Waals surface area (Å²) in [5.41, 5.74) is 3.61. The standard InChI is InChI=1S/C24H17Cl2N3O/c25-18-8-6-17(7-9-18)24-22(16-29(28-24)21-4-2-1-3-5-21)23(30)14-15-27-20-12-10-19(26)11-13-20/h1-16,27H/b15-14-. The molecule has 0 bridgehead atoms. The number of halogens is 2. The lowest BCUT2D eigenvalue weighted by Gasteiger charge is -2.01. The van der Waals surface area contributed by atoms with Gasteiger partial charge in [0, 0.05) is 39.8 Å². The van der Waals surface area contributed by atoms with Crippen LogP contribution < -0.4 is 5.32 Å². The zero-order valence-corrected chi connectivity index (χ0v) is 17.3. The SMILES string of the molecule is O=C(/C=C\Nc1ccc(Cl)cc1)c1cn(-c2ccccc2)nc1-c1ccc(Cl)cc1. The first-order chi connectivity index (χ1) is 14.6. The Kier molecular flexibility index (Phi) is 5.98. The van der Waals surface area contributed by atoms with Crippen molar-refractivity contribution in [3.63, 3.8) is 0 Å². The summed E-state index contributed by atoms with van der Waals surface area (Å²) in [6.07, 6.45) is 4.84. The van der Waals surface area contributed by atoms with Crippen molar-refractivity contribution in [2.24, 2.45) is 0 Å². The molecular weight excluding hydrogens is 417 g/mol. The van der Waals surface area contributed by atoms with Crippen molar-refractivity contribution >= 4 is 34.7 Å². The lowest BCUT2D eigenvalue weighted by atomic mass is 10.1. The summed E-state index contributed by atoms with van der Waals surface area (Å²) in [6, 6.07) is 24.2. The van der Waals surface area contributed by atoms with E-state index < -0.39 is 0 Å². The Labute approximate surface area is 184 Å². The lowest BCUT2D eigenvalue weighted by molar-refractivity contribution is 0.104. The van der Waals surface area contributed by atoms with Crippen molar-refractivity contribution in [3.05, 3.63) is 113 Å². The summed E-state index contributed by atoms with van der Waals surface area (Å²) in [6.45, 7) is 0. The molecule has 6 heteroatoms. The average Bonchev–Trinajstić information content (AvgIpc) is 3.22. The molecule has 0 aliphatic heterocycles. The van der Waals surface area contributed by atoms with E-state index in [1.165, 1.54) is 6.08 Å². The maximum Gasteiger partial charge on any atom is 0.191 e. The van der Waals surface area contributed by atoms with Crippen molar-refractivity contribution in [2.75, 3.05) is 5.32 Å². The fourth-order valence-corrected chi connectivity index (χ4v) is 3.19. The summed E-state index contributed by atoms with van der Waals surface area (Å²) in [5, 5.41) is 9.01. The van der Waals surface area contributed by atoms with Gasteiger partial charge in [-0.15, -0.1) is 0 Å². The average molecular weight is 434 g/mol. The van der Waals surface area contributed by atoms with E-state index in [2.05, 4.69) is 10.4 Å². The summed E-state index contributed by atoms with van der Waals surface area (Å²) < 4.78 is 1.71. The molecule has 4 aromatic rings. The summed E-state index contributed by atoms with van der Waals surface area (Å²) in [5.74, 6) is -0.163. The highest BCUT2D eigenvalue weighted by atomic mass is 35.5. The molecule has 0 aliphatic rings. The van der Waals surface area contributed by atoms with E-state index in [1.54, 1.807) is 41.3 Å². The number of hydrogen-bond acceptors (Lipinski definition) is 3. The van der Waals surface area contributed by atoms with E-state index in [1.807, 2.05) is 54.6 Å². The second-order valence-corrected chi connectivity index (χ2v) is 7.40. The molecule has 0 aliphatic carbocycles. The number of para-hydroxylation sites is 1. The maximum atomic E-state index is 13.0. The molecule has 0 radical (unpaired) electrons. The molecule has 4 nitrogen and oxygen atoms in total. The molecule has 3 aromatic carbocycles. The Morgan fingerprint density at radius 3 is 2.17 bits per heavy atom. The smallest absolute Gasteiger partial charge is 0.191 e. The van der Waals surface area contributed by atoms with E-state index in [0.29, 0.717) is 21.3 Å². The van der Waals surface area contributed by atoms with Crippen LogP contribution in [-0.2, 0) is 0 Å². The quantitative estimate of drug-likeness (QED) is 0.273. The summed E-state index contributed by atoms with van der Waals surface area (Å²) >= 11 is 11.9. The Hall–Kier alpha value is -3.34. The molecule has 30 heavy (non-hydrogen) atoms. The lowest BCUT2D eigenvalue weighted by Crippen LogP contribution is -1.97. The highest BCUT2D eigenvalue weighted by Crippen LogP contribution is 2.26. The molecule has 1 heterocycles. The topological polar surface area (TPSA) is 46.9 Å². The van der Waals surface area contributed by atoms with Crippen LogP contribution >= 0.6 is 23.2 Å². The molecule has 0 saturated carbocycles. The molecule has 4 rings (SSSR count). The molecule has 0 unspecified atom stereocenters. The van der Waals surface area contributed by atoms with Crippen LogP contribution in [0.3, 0.4) is 0 Å². The van der Waals surface area contributed by atoms with Gasteiger partial charge in [-0.3, -0.25) is 4.79 Å². The van der Waals surface area contributed by atoms with Crippen molar-refractivity contribution in [2.45, 2.75) is 0 Å². The number of ketones is 1. The van der Waals surface area contributed by atoms with Crippen molar-refractivity contribution < 1.29 is 4.79 Å². The van der Waals surface area contributed by atoms with Crippen LogP contribution in [-0.4, -0.2) is 15.6 Å². The number of anilines is 1. The Morgan fingerprint density at radius 2 is 1.50 bits per heavy atom. The highest BCUT2D eigenvalue weighted by molar-refractivity contribution is 6.30. The number of rotatable bonds is 6. The van der Waals surface area contributed by atoms with Crippen LogP contribution in [0, 0.1) is 0 Å². The second-order valence-electron chi connectivity index (χ2n) is 6.53. The Morgan fingerprint density at radius 1 is 0.867 bits per heavy atom. The molecule has 0 atom stereocenters. The van der Waals surface area contributed by atoms with E-state index in [-0.39, 0.29) is 5.78 Å². The van der Waals surface area contributed by atoms with Gasteiger partial charge in [0.05, 0.1) is 11.3 Å². The van der Waals surface area contributed by atoms with Gasteiger partial charge in [0.15, 0.2) is 5.78 Å². The largest absolute Gasteiger partial charge is 0.362 e. The van der Waals surface area contributed by atoms with Crippen molar-refractivity contribution in [1.82, 2.24) is 9.78 Å². The normalized spacial score (nSPS) is 11.0. The first-order valence-corrected chi connectivity index (χ1v) is 10.00. The van der Waals surface area contributed by atoms with Gasteiger partial charge >= 0.3 is 0 Å². The van der Waals surface area contributed by atoms with E-state index in [4.69, 9.17) is 23.2 Å². The van der Waals surface area contributed by atoms with Crippen LogP contribution in [0.1, 0.15) is 10.4 Å². The van der Waals surface area contributed by atoms with Crippen molar-refractivity contribution in [3.8, 4) is 16.9 Å². The molecule has 0 spiro atoms. The monoisotopic (exact) mass is 433 g/mol. The van der Waals surface area contributed by atoms with E-state index in [9.17, 15) is 4.79 Å². The zero-order chi connectivity index (χ0) is 20.9. The molecular formula is C24H17Cl2N3O. The Bertz CT molecular complexity index is 1180. The molecule has 148 valence electrons. The molecule has 1 N–H and O–H groups in total. The number of nitrogens with zero attached hydrogens (tertiary/aromatic N) is 2. The van der Waals surface area contributed by atoms with Crippen LogP contribution in [0.25, 0.3) is 16.9 Å². The van der Waals surface area contributed by atoms with Crippen molar-refractivity contribution in [1.29, 1.82) is 0 Å². The third kappa shape index (κ3) is 4.62. The van der Waals surface area contributed by atoms with Gasteiger partial charge in [-0.25, -0.2) is 4.68 Å². The third-order valence-corrected chi connectivity index (χ3v) is 4.95. The molecule has 1 aromatic heterocycles. The second kappa shape index (κ2) is 8.99. The van der Waals surface area contributed by atoms with Crippen LogP contribution in [0.5, 0.6) is 0 Å². The summed E-state index contributed by atoms with van der Waals surface area (Å²) in [4.78, 5) is 13.0. The predicted octanol–water partition coefficient (Wildman–Crippen LogP) is 6.65. The maximum absolute atomic E-state index is 13.0. The van der Waals surface area contributed by atoms with Gasteiger partial charge in [-0.05, 0) is 48.5 Å². The van der Waals surface area contributed by atoms with Crippen LogP contribution in [0.2, 0.25) is 10.0 Å². The first-order valence-electron chi connectivity index (χ1n) is 9.24.